The van der Waals surface area contributed by atoms with E-state index in [1.807, 2.05) is 43.3 Å². The predicted octanol–water partition coefficient (Wildman–Crippen LogP) is 3.63. The van der Waals surface area contributed by atoms with E-state index in [0.29, 0.717) is 18.7 Å². The molecule has 2 aromatic carbocycles. The summed E-state index contributed by atoms with van der Waals surface area (Å²) in [5.74, 6) is 0.743. The van der Waals surface area contributed by atoms with Crippen LogP contribution < -0.4 is 4.74 Å². The third-order valence-electron chi connectivity index (χ3n) is 3.49. The molecule has 0 atom stereocenters. The molecule has 4 heteroatoms. The summed E-state index contributed by atoms with van der Waals surface area (Å²) in [7, 11) is 1.75. The van der Waals surface area contributed by atoms with Crippen molar-refractivity contribution in [3.63, 3.8) is 0 Å². The van der Waals surface area contributed by atoms with E-state index < -0.39 is 0 Å². The minimum absolute atomic E-state index is 0.0757. The van der Waals surface area contributed by atoms with Gasteiger partial charge in [0.25, 0.3) is 0 Å². The maximum absolute atomic E-state index is 12.2. The van der Waals surface area contributed by atoms with Crippen LogP contribution in [-0.2, 0) is 11.3 Å². The Hall–Kier alpha value is -3.06. The molecule has 122 valence electrons. The molecule has 0 fully saturated rings. The fourth-order valence-electron chi connectivity index (χ4n) is 2.17. The quantitative estimate of drug-likeness (QED) is 0.764. The molecule has 0 aromatic heterocycles. The molecule has 0 N–H and O–H groups in total. The Balaban J connectivity index is 1.93. The van der Waals surface area contributed by atoms with E-state index >= 15 is 0 Å². The third kappa shape index (κ3) is 4.99. The molecule has 0 saturated heterocycles. The molecule has 0 bridgehead atoms. The van der Waals surface area contributed by atoms with Gasteiger partial charge in [0.05, 0.1) is 18.2 Å². The van der Waals surface area contributed by atoms with E-state index in [1.165, 1.54) is 0 Å². The second-order valence-electron chi connectivity index (χ2n) is 5.34. The average molecular weight is 320 g/mol. The molecule has 0 saturated carbocycles. The molecule has 1 amide bonds. The maximum atomic E-state index is 12.2. The van der Waals surface area contributed by atoms with Crippen molar-refractivity contribution < 1.29 is 9.53 Å². The normalized spacial score (nSPS) is 10.4. The zero-order valence-corrected chi connectivity index (χ0v) is 13.9. The van der Waals surface area contributed by atoms with Crippen LogP contribution in [0.4, 0.5) is 0 Å². The summed E-state index contributed by atoms with van der Waals surface area (Å²) in [5.41, 5.74) is 2.54. The molecule has 0 heterocycles. The topological polar surface area (TPSA) is 53.3 Å². The first-order valence-corrected chi connectivity index (χ1v) is 7.77. The van der Waals surface area contributed by atoms with Gasteiger partial charge in [-0.2, -0.15) is 5.26 Å². The molecule has 0 spiro atoms. The number of nitriles is 1. The molecular formula is C20H20N2O2. The lowest BCUT2D eigenvalue weighted by molar-refractivity contribution is -0.125. The monoisotopic (exact) mass is 320 g/mol. The molecule has 0 aliphatic carbocycles. The van der Waals surface area contributed by atoms with E-state index in [4.69, 9.17) is 10.00 Å². The first-order chi connectivity index (χ1) is 11.6. The molecule has 0 aliphatic rings. The average Bonchev–Trinajstić information content (AvgIpc) is 2.61. The number of amides is 1. The van der Waals surface area contributed by atoms with Crippen molar-refractivity contribution in [1.29, 1.82) is 5.26 Å². The van der Waals surface area contributed by atoms with Gasteiger partial charge in [0, 0.05) is 19.7 Å². The van der Waals surface area contributed by atoms with Crippen molar-refractivity contribution in [2.75, 3.05) is 13.7 Å². The number of rotatable bonds is 6. The van der Waals surface area contributed by atoms with Crippen molar-refractivity contribution in [3.05, 3.63) is 71.3 Å². The maximum Gasteiger partial charge on any atom is 0.246 e. The van der Waals surface area contributed by atoms with E-state index in [1.54, 1.807) is 36.2 Å². The fourth-order valence-corrected chi connectivity index (χ4v) is 2.17. The number of hydrogen-bond acceptors (Lipinski definition) is 3. The molecule has 0 aliphatic heterocycles. The van der Waals surface area contributed by atoms with E-state index in [9.17, 15) is 4.79 Å². The zero-order valence-electron chi connectivity index (χ0n) is 13.9. The number of nitrogens with zero attached hydrogens (tertiary/aromatic N) is 2. The van der Waals surface area contributed by atoms with Gasteiger partial charge in [-0.25, -0.2) is 0 Å². The number of ether oxygens (including phenoxy) is 1. The summed E-state index contributed by atoms with van der Waals surface area (Å²) < 4.78 is 5.39. The number of carbonyl (C=O) groups is 1. The Morgan fingerprint density at radius 3 is 2.42 bits per heavy atom. The minimum Gasteiger partial charge on any atom is -0.494 e. The lowest BCUT2D eigenvalue weighted by Crippen LogP contribution is -2.24. The van der Waals surface area contributed by atoms with Gasteiger partial charge in [-0.05, 0) is 48.4 Å². The van der Waals surface area contributed by atoms with Crippen LogP contribution in [0, 0.1) is 11.3 Å². The lowest BCUT2D eigenvalue weighted by Gasteiger charge is -2.15. The number of carbonyl (C=O) groups excluding carboxylic acids is 1. The number of benzene rings is 2. The van der Waals surface area contributed by atoms with Crippen molar-refractivity contribution in [1.82, 2.24) is 4.90 Å². The molecule has 0 unspecified atom stereocenters. The van der Waals surface area contributed by atoms with Crippen LogP contribution in [0.15, 0.2) is 54.6 Å². The van der Waals surface area contributed by atoms with Gasteiger partial charge < -0.3 is 9.64 Å². The Morgan fingerprint density at radius 2 is 1.83 bits per heavy atom. The summed E-state index contributed by atoms with van der Waals surface area (Å²) in [4.78, 5) is 13.8. The fraction of sp³-hybridized carbons (Fsp3) is 0.200. The summed E-state index contributed by atoms with van der Waals surface area (Å²) in [6.07, 6.45) is 3.34. The first-order valence-electron chi connectivity index (χ1n) is 7.77. The van der Waals surface area contributed by atoms with Crippen LogP contribution in [0.3, 0.4) is 0 Å². The van der Waals surface area contributed by atoms with Crippen LogP contribution in [0.2, 0.25) is 0 Å². The van der Waals surface area contributed by atoms with Crippen LogP contribution in [0.25, 0.3) is 6.08 Å². The van der Waals surface area contributed by atoms with Crippen LogP contribution in [0.1, 0.15) is 23.6 Å². The summed E-state index contributed by atoms with van der Waals surface area (Å²) in [5, 5.41) is 8.79. The standard InChI is InChI=1S/C20H20N2O2/c1-3-24-19-11-8-16(9-12-19)10-13-20(23)22(2)15-18-6-4-17(14-21)5-7-18/h4-13H,3,15H2,1-2H3/b13-10+. The van der Waals surface area contributed by atoms with Crippen molar-refractivity contribution in [2.24, 2.45) is 0 Å². The van der Waals surface area contributed by atoms with Crippen LogP contribution >= 0.6 is 0 Å². The summed E-state index contributed by atoms with van der Waals surface area (Å²) in [6, 6.07) is 16.9. The minimum atomic E-state index is -0.0757. The Morgan fingerprint density at radius 1 is 1.17 bits per heavy atom. The summed E-state index contributed by atoms with van der Waals surface area (Å²) >= 11 is 0. The molecule has 0 radical (unpaired) electrons. The van der Waals surface area contributed by atoms with Gasteiger partial charge in [-0.15, -0.1) is 0 Å². The second-order valence-corrected chi connectivity index (χ2v) is 5.34. The Labute approximate surface area is 142 Å². The van der Waals surface area contributed by atoms with Gasteiger partial charge in [0.15, 0.2) is 0 Å². The molecular weight excluding hydrogens is 300 g/mol. The first kappa shape index (κ1) is 17.3. The number of hydrogen-bond donors (Lipinski definition) is 0. The largest absolute Gasteiger partial charge is 0.494 e. The second kappa shape index (κ2) is 8.54. The van der Waals surface area contributed by atoms with Gasteiger partial charge in [-0.3, -0.25) is 4.79 Å². The highest BCUT2D eigenvalue weighted by atomic mass is 16.5. The van der Waals surface area contributed by atoms with Crippen molar-refractivity contribution in [3.8, 4) is 11.8 Å². The SMILES string of the molecule is CCOc1ccc(/C=C/C(=O)N(C)Cc2ccc(C#N)cc2)cc1. The van der Waals surface area contributed by atoms with Gasteiger partial charge in [0.1, 0.15) is 5.75 Å². The molecule has 4 nitrogen and oxygen atoms in total. The Bertz CT molecular complexity index is 741. The van der Waals surface area contributed by atoms with Gasteiger partial charge in [-0.1, -0.05) is 24.3 Å². The highest BCUT2D eigenvalue weighted by Gasteiger charge is 2.06. The molecule has 24 heavy (non-hydrogen) atoms. The van der Waals surface area contributed by atoms with Gasteiger partial charge in [0.2, 0.25) is 5.91 Å². The molecule has 2 aromatic rings. The van der Waals surface area contributed by atoms with Gasteiger partial charge >= 0.3 is 0 Å². The Kier molecular flexibility index (Phi) is 6.16. The lowest BCUT2D eigenvalue weighted by atomic mass is 10.1. The highest BCUT2D eigenvalue weighted by Crippen LogP contribution is 2.13. The van der Waals surface area contributed by atoms with Crippen molar-refractivity contribution in [2.45, 2.75) is 13.5 Å². The van der Waals surface area contributed by atoms with E-state index in [-0.39, 0.29) is 5.91 Å². The molecule has 2 rings (SSSR count). The van der Waals surface area contributed by atoms with Crippen LogP contribution in [0.5, 0.6) is 5.75 Å². The summed E-state index contributed by atoms with van der Waals surface area (Å²) in [6.45, 7) is 3.07. The zero-order chi connectivity index (χ0) is 17.4. The number of likely N-dealkylation sites (N-methyl/N-ethyl adjacent to an activating group) is 1. The van der Waals surface area contributed by atoms with Crippen LogP contribution in [-0.4, -0.2) is 24.5 Å². The van der Waals surface area contributed by atoms with E-state index in [2.05, 4.69) is 6.07 Å². The smallest absolute Gasteiger partial charge is 0.246 e. The predicted molar refractivity (Wildman–Crippen MR) is 94.3 cm³/mol. The highest BCUT2D eigenvalue weighted by molar-refractivity contribution is 5.91. The van der Waals surface area contributed by atoms with E-state index in [0.717, 1.165) is 16.9 Å². The van der Waals surface area contributed by atoms with Crippen molar-refractivity contribution >= 4 is 12.0 Å². The third-order valence-corrected chi connectivity index (χ3v) is 3.49.